The quantitative estimate of drug-likeness (QED) is 0.456. The highest BCUT2D eigenvalue weighted by Crippen LogP contribution is 2.16. The highest BCUT2D eigenvalue weighted by Gasteiger charge is 2.00. The van der Waals surface area contributed by atoms with Gasteiger partial charge in [-0.05, 0) is 38.0 Å². The number of thiophene rings is 1. The number of methoxy groups -OCH3 is 1. The molecule has 1 heterocycles. The van der Waals surface area contributed by atoms with Crippen molar-refractivity contribution in [3.63, 3.8) is 0 Å². The fourth-order valence-corrected chi connectivity index (χ4v) is 2.42. The van der Waals surface area contributed by atoms with E-state index < -0.39 is 0 Å². The summed E-state index contributed by atoms with van der Waals surface area (Å²) >= 11 is 1.66. The molecule has 1 aromatic heterocycles. The molecule has 0 aliphatic heterocycles. The first kappa shape index (κ1) is 16.4. The van der Waals surface area contributed by atoms with E-state index in [1.54, 1.807) is 17.4 Å². The second kappa shape index (κ2) is 9.31. The lowest BCUT2D eigenvalue weighted by molar-refractivity contribution is -0.140. The summed E-state index contributed by atoms with van der Waals surface area (Å²) in [7, 11) is 1.39. The normalized spacial score (nSPS) is 10.7. The third-order valence-corrected chi connectivity index (χ3v) is 3.71. The molecule has 4 nitrogen and oxygen atoms in total. The topological polar surface area (TPSA) is 55.4 Å². The summed E-state index contributed by atoms with van der Waals surface area (Å²) < 4.78 is 4.55. The molecule has 1 aromatic rings. The van der Waals surface area contributed by atoms with Gasteiger partial charge in [-0.1, -0.05) is 6.42 Å². The van der Waals surface area contributed by atoms with Gasteiger partial charge in [0.05, 0.1) is 7.11 Å². The Bertz CT molecular complexity index is 465. The van der Waals surface area contributed by atoms with Gasteiger partial charge in [0.2, 0.25) is 5.91 Å². The summed E-state index contributed by atoms with van der Waals surface area (Å²) in [5.74, 6) is -0.257. The van der Waals surface area contributed by atoms with E-state index in [4.69, 9.17) is 0 Å². The van der Waals surface area contributed by atoms with E-state index >= 15 is 0 Å². The number of unbranched alkanes of at least 4 members (excludes halogenated alkanes) is 2. The van der Waals surface area contributed by atoms with E-state index in [2.05, 4.69) is 10.1 Å². The van der Waals surface area contributed by atoms with Crippen molar-refractivity contribution in [3.05, 3.63) is 28.0 Å². The van der Waals surface area contributed by atoms with Crippen molar-refractivity contribution in [1.29, 1.82) is 0 Å². The van der Waals surface area contributed by atoms with Crippen LogP contribution in [0.1, 0.15) is 35.4 Å². The van der Waals surface area contributed by atoms with Gasteiger partial charge >= 0.3 is 5.97 Å². The van der Waals surface area contributed by atoms with Gasteiger partial charge in [-0.3, -0.25) is 9.59 Å². The van der Waals surface area contributed by atoms with Crippen LogP contribution in [0.15, 0.2) is 18.2 Å². The summed E-state index contributed by atoms with van der Waals surface area (Å²) in [6, 6.07) is 4.03. The number of nitrogens with one attached hydrogen (secondary N) is 1. The molecule has 0 radical (unpaired) electrons. The third kappa shape index (κ3) is 7.09. The molecule has 1 rings (SSSR count). The average molecular weight is 295 g/mol. The molecule has 0 aliphatic carbocycles. The summed E-state index contributed by atoms with van der Waals surface area (Å²) in [5, 5.41) is 2.82. The first-order valence-corrected chi connectivity index (χ1v) is 7.52. The van der Waals surface area contributed by atoms with Gasteiger partial charge in [0, 0.05) is 28.8 Å². The van der Waals surface area contributed by atoms with Crippen molar-refractivity contribution in [1.82, 2.24) is 5.32 Å². The summed E-state index contributed by atoms with van der Waals surface area (Å²) in [6.07, 6.45) is 6.40. The molecule has 5 heteroatoms. The highest BCUT2D eigenvalue weighted by molar-refractivity contribution is 7.12. The van der Waals surface area contributed by atoms with E-state index in [1.165, 1.54) is 12.0 Å². The van der Waals surface area contributed by atoms with E-state index in [0.717, 1.165) is 24.1 Å². The first-order chi connectivity index (χ1) is 9.61. The van der Waals surface area contributed by atoms with Crippen molar-refractivity contribution in [2.45, 2.75) is 32.6 Å². The van der Waals surface area contributed by atoms with Crippen LogP contribution >= 0.6 is 11.3 Å². The maximum Gasteiger partial charge on any atom is 0.305 e. The van der Waals surface area contributed by atoms with Gasteiger partial charge in [0.15, 0.2) is 0 Å². The molecule has 0 saturated carbocycles. The Kier molecular flexibility index (Phi) is 7.65. The van der Waals surface area contributed by atoms with E-state index in [0.29, 0.717) is 13.0 Å². The second-order valence-electron chi connectivity index (χ2n) is 4.46. The largest absolute Gasteiger partial charge is 0.469 e. The number of carbonyl (C=O) groups excluding carboxylic acids is 2. The van der Waals surface area contributed by atoms with E-state index in [-0.39, 0.29) is 11.9 Å². The van der Waals surface area contributed by atoms with E-state index in [1.807, 2.05) is 25.1 Å². The maximum atomic E-state index is 11.5. The molecule has 110 valence electrons. The molecule has 0 saturated heterocycles. The van der Waals surface area contributed by atoms with Crippen LogP contribution in [0.5, 0.6) is 0 Å². The standard InChI is InChI=1S/C15H21NO3S/c1-12-7-8-13(20-12)9-10-14(17)16-11-5-3-4-6-15(18)19-2/h7-10H,3-6,11H2,1-2H3,(H,16,17)/b10-9+. The minimum atomic E-state index is -0.178. The number of rotatable bonds is 8. The Morgan fingerprint density at radius 3 is 2.75 bits per heavy atom. The van der Waals surface area contributed by atoms with Crippen LogP contribution in [0.3, 0.4) is 0 Å². The monoisotopic (exact) mass is 295 g/mol. The molecule has 0 aliphatic rings. The minimum Gasteiger partial charge on any atom is -0.469 e. The fourth-order valence-electron chi connectivity index (χ4n) is 1.64. The van der Waals surface area contributed by atoms with Crippen LogP contribution in [-0.2, 0) is 14.3 Å². The summed E-state index contributed by atoms with van der Waals surface area (Å²) in [4.78, 5) is 24.7. The molecule has 0 unspecified atom stereocenters. The number of amides is 1. The minimum absolute atomic E-state index is 0.0796. The van der Waals surface area contributed by atoms with Crippen molar-refractivity contribution in [2.24, 2.45) is 0 Å². The molecule has 0 fully saturated rings. The van der Waals surface area contributed by atoms with Crippen LogP contribution in [0.4, 0.5) is 0 Å². The van der Waals surface area contributed by atoms with Gasteiger partial charge in [0.1, 0.15) is 0 Å². The number of ether oxygens (including phenoxy) is 1. The van der Waals surface area contributed by atoms with Crippen LogP contribution < -0.4 is 5.32 Å². The number of aryl methyl sites for hydroxylation is 1. The molecule has 0 atom stereocenters. The number of carbonyl (C=O) groups is 2. The number of esters is 1. The predicted molar refractivity (Wildman–Crippen MR) is 81.6 cm³/mol. The van der Waals surface area contributed by atoms with Crippen LogP contribution in [-0.4, -0.2) is 25.5 Å². The average Bonchev–Trinajstić information content (AvgIpc) is 2.85. The Morgan fingerprint density at radius 1 is 1.30 bits per heavy atom. The Balaban J connectivity index is 2.08. The lowest BCUT2D eigenvalue weighted by Crippen LogP contribution is -2.21. The zero-order valence-corrected chi connectivity index (χ0v) is 12.8. The molecular formula is C15H21NO3S. The van der Waals surface area contributed by atoms with E-state index in [9.17, 15) is 9.59 Å². The summed E-state index contributed by atoms with van der Waals surface area (Å²) in [5.41, 5.74) is 0. The second-order valence-corrected chi connectivity index (χ2v) is 5.78. The molecule has 0 bridgehead atoms. The molecule has 1 N–H and O–H groups in total. The lowest BCUT2D eigenvalue weighted by atomic mass is 10.2. The first-order valence-electron chi connectivity index (χ1n) is 6.71. The van der Waals surface area contributed by atoms with Crippen molar-refractivity contribution < 1.29 is 14.3 Å². The summed E-state index contributed by atoms with van der Waals surface area (Å²) in [6.45, 7) is 2.67. The SMILES string of the molecule is COC(=O)CCCCCNC(=O)/C=C/c1ccc(C)s1. The maximum absolute atomic E-state index is 11.5. The van der Waals surface area contributed by atoms with Gasteiger partial charge in [0.25, 0.3) is 0 Å². The van der Waals surface area contributed by atoms with Crippen molar-refractivity contribution in [3.8, 4) is 0 Å². The smallest absolute Gasteiger partial charge is 0.305 e. The predicted octanol–water partition coefficient (Wildman–Crippen LogP) is 2.92. The van der Waals surface area contributed by atoms with Gasteiger partial charge in [-0.25, -0.2) is 0 Å². The molecule has 0 spiro atoms. The number of hydrogen-bond donors (Lipinski definition) is 1. The van der Waals surface area contributed by atoms with Gasteiger partial charge < -0.3 is 10.1 Å². The molecule has 1 amide bonds. The van der Waals surface area contributed by atoms with Crippen LogP contribution in [0.25, 0.3) is 6.08 Å². The lowest BCUT2D eigenvalue weighted by Gasteiger charge is -2.02. The van der Waals surface area contributed by atoms with Crippen LogP contribution in [0.2, 0.25) is 0 Å². The zero-order valence-electron chi connectivity index (χ0n) is 12.0. The Morgan fingerprint density at radius 2 is 2.10 bits per heavy atom. The van der Waals surface area contributed by atoms with Crippen molar-refractivity contribution in [2.75, 3.05) is 13.7 Å². The van der Waals surface area contributed by atoms with Gasteiger partial charge in [-0.2, -0.15) is 0 Å². The van der Waals surface area contributed by atoms with Crippen LogP contribution in [0, 0.1) is 6.92 Å². The highest BCUT2D eigenvalue weighted by atomic mass is 32.1. The Labute approximate surface area is 123 Å². The zero-order chi connectivity index (χ0) is 14.8. The molecule has 0 aromatic carbocycles. The fraction of sp³-hybridized carbons (Fsp3) is 0.467. The molecule has 20 heavy (non-hydrogen) atoms. The van der Waals surface area contributed by atoms with Crippen molar-refractivity contribution >= 4 is 29.3 Å². The number of hydrogen-bond acceptors (Lipinski definition) is 4. The van der Waals surface area contributed by atoms with Gasteiger partial charge in [-0.15, -0.1) is 11.3 Å². The third-order valence-electron chi connectivity index (χ3n) is 2.74. The molecular weight excluding hydrogens is 274 g/mol. The Hall–Kier alpha value is -1.62.